The molecule has 0 aliphatic carbocycles. The molecule has 0 aromatic heterocycles. The Morgan fingerprint density at radius 1 is 0.925 bits per heavy atom. The van der Waals surface area contributed by atoms with Crippen LogP contribution >= 0.6 is 22.3 Å². The van der Waals surface area contributed by atoms with Gasteiger partial charge in [-0.3, -0.25) is 18.6 Å². The largest absolute Gasteiger partial charge is 0.540 e. The maximum atomic E-state index is 12.7. The Morgan fingerprint density at radius 2 is 1.45 bits per heavy atom. The van der Waals surface area contributed by atoms with Crippen LogP contribution in [-0.2, 0) is 45.5 Å². The topological polar surface area (TPSA) is 157 Å². The van der Waals surface area contributed by atoms with Gasteiger partial charge in [-0.2, -0.15) is 0 Å². The SMILES string of the molecule is COP(=O)(CN(CCc1ccc(O[P+](=S)N(C)N=Cc2ccc(ON=[N+]=[N-])cc2)cc1)CP(=O)(OC)OC)OC. The van der Waals surface area contributed by atoms with Crippen LogP contribution in [0.4, 0.5) is 0 Å². The van der Waals surface area contributed by atoms with E-state index in [0.29, 0.717) is 24.5 Å². The second-order valence-electron chi connectivity index (χ2n) is 7.92. The maximum absolute atomic E-state index is 12.7. The van der Waals surface area contributed by atoms with Gasteiger partial charge in [-0.15, -0.1) is 5.10 Å². The van der Waals surface area contributed by atoms with Gasteiger partial charge >= 0.3 is 22.3 Å². The summed E-state index contributed by atoms with van der Waals surface area (Å²) in [7, 11) is -1.38. The summed E-state index contributed by atoms with van der Waals surface area (Å²) in [5.74, 6) is 0.984. The quantitative estimate of drug-likeness (QED) is 0.0464. The first-order valence-electron chi connectivity index (χ1n) is 11.6. The minimum Gasteiger partial charge on any atom is -0.394 e. The lowest BCUT2D eigenvalue weighted by Gasteiger charge is -2.27. The number of hydrogen-bond donors (Lipinski definition) is 0. The van der Waals surface area contributed by atoms with Crippen LogP contribution in [-0.4, -0.2) is 70.5 Å². The highest BCUT2D eigenvalue weighted by atomic mass is 32.4. The standard InChI is InChI=1S/C22H32N6O8P3S/c1-27(24-16-20-8-10-21(11-9-20)35-26-25-23)37(40)36-22-12-6-19(7-13-22)14-15-28(17-38(29,31-2)32-3)18-39(30,33-4)34-5/h6-13,16H,14-15,17-18H2,1-5H3/q+1. The third-order valence-electron chi connectivity index (χ3n) is 5.36. The number of benzene rings is 2. The molecule has 218 valence electrons. The van der Waals surface area contributed by atoms with Crippen molar-refractivity contribution in [3.05, 3.63) is 70.1 Å². The molecule has 1 atom stereocenters. The average molecular weight is 634 g/mol. The first kappa shape index (κ1) is 33.8. The molecule has 14 nitrogen and oxygen atoms in total. The van der Waals surface area contributed by atoms with Gasteiger partial charge in [0.25, 0.3) is 0 Å². The van der Waals surface area contributed by atoms with Crippen LogP contribution in [0, 0.1) is 0 Å². The average Bonchev–Trinajstić information content (AvgIpc) is 2.98. The van der Waals surface area contributed by atoms with Crippen LogP contribution in [0.1, 0.15) is 11.1 Å². The molecule has 0 spiro atoms. The minimum atomic E-state index is -3.40. The monoisotopic (exact) mass is 633 g/mol. The molecule has 0 aliphatic rings. The van der Waals surface area contributed by atoms with Crippen LogP contribution in [0.5, 0.6) is 11.5 Å². The molecule has 1 unspecified atom stereocenters. The third-order valence-corrected chi connectivity index (χ3v) is 10.9. The van der Waals surface area contributed by atoms with E-state index in [0.717, 1.165) is 11.1 Å². The first-order chi connectivity index (χ1) is 19.1. The van der Waals surface area contributed by atoms with Crippen LogP contribution in [0.25, 0.3) is 10.4 Å². The number of hydrogen-bond acceptors (Lipinski definition) is 12. The van der Waals surface area contributed by atoms with Crippen LogP contribution in [0.2, 0.25) is 0 Å². The van der Waals surface area contributed by atoms with Crippen molar-refractivity contribution < 1.29 is 36.6 Å². The summed E-state index contributed by atoms with van der Waals surface area (Å²) in [5.41, 5.74) is 10.0. The van der Waals surface area contributed by atoms with Gasteiger partial charge in [0, 0.05) is 39.9 Å². The molecule has 0 radical (unpaired) electrons. The number of nitrogens with zero attached hydrogens (tertiary/aromatic N) is 6. The smallest absolute Gasteiger partial charge is 0.394 e. The van der Waals surface area contributed by atoms with E-state index in [1.165, 1.54) is 28.4 Å². The van der Waals surface area contributed by atoms with Gasteiger partial charge in [-0.05, 0) is 59.5 Å². The van der Waals surface area contributed by atoms with Crippen molar-refractivity contribution in [1.82, 2.24) is 9.68 Å². The van der Waals surface area contributed by atoms with Gasteiger partial charge < -0.3 is 22.9 Å². The molecule has 0 aliphatic heterocycles. The van der Waals surface area contributed by atoms with Crippen molar-refractivity contribution in [3.63, 3.8) is 0 Å². The molecule has 0 bridgehead atoms. The number of hydrazone groups is 1. The van der Waals surface area contributed by atoms with E-state index in [-0.39, 0.29) is 12.6 Å². The Balaban J connectivity index is 1.97. The second-order valence-corrected chi connectivity index (χ2v) is 14.6. The highest BCUT2D eigenvalue weighted by Crippen LogP contribution is 2.51. The number of azide groups is 1. The summed E-state index contributed by atoms with van der Waals surface area (Å²) in [6.45, 7) is 0.386. The number of rotatable bonds is 18. The summed E-state index contributed by atoms with van der Waals surface area (Å²) in [4.78, 5) is 9.01. The second kappa shape index (κ2) is 16.8. The van der Waals surface area contributed by atoms with Crippen LogP contribution in [0.3, 0.4) is 0 Å². The Kier molecular flexibility index (Phi) is 14.2. The van der Waals surface area contributed by atoms with Gasteiger partial charge in [-0.25, -0.2) is 0 Å². The molecule has 18 heteroatoms. The van der Waals surface area contributed by atoms with E-state index in [1.54, 1.807) is 59.3 Å². The first-order valence-corrected chi connectivity index (χ1v) is 17.2. The predicted octanol–water partition coefficient (Wildman–Crippen LogP) is 6.14. The van der Waals surface area contributed by atoms with Gasteiger partial charge in [0.05, 0.1) is 13.3 Å². The zero-order chi connectivity index (χ0) is 29.6. The molecular weight excluding hydrogens is 601 g/mol. The van der Waals surface area contributed by atoms with E-state index < -0.39 is 22.3 Å². The van der Waals surface area contributed by atoms with Crippen molar-refractivity contribution in [1.29, 1.82) is 0 Å². The van der Waals surface area contributed by atoms with E-state index >= 15 is 0 Å². The summed E-state index contributed by atoms with van der Waals surface area (Å²) >= 11 is 5.47. The van der Waals surface area contributed by atoms with Crippen LogP contribution in [0.15, 0.2) is 58.9 Å². The van der Waals surface area contributed by atoms with Crippen molar-refractivity contribution >= 4 is 40.3 Å². The van der Waals surface area contributed by atoms with Crippen molar-refractivity contribution in [2.45, 2.75) is 6.42 Å². The van der Waals surface area contributed by atoms with E-state index in [2.05, 4.69) is 15.3 Å². The third kappa shape index (κ3) is 11.2. The summed E-state index contributed by atoms with van der Waals surface area (Å²) in [5, 5.41) is 7.37. The van der Waals surface area contributed by atoms with Crippen molar-refractivity contribution in [2.24, 2.45) is 10.4 Å². The van der Waals surface area contributed by atoms with Gasteiger partial charge in [0.1, 0.15) is 23.6 Å². The maximum Gasteiger partial charge on any atom is 0.540 e. The molecule has 0 saturated carbocycles. The lowest BCUT2D eigenvalue weighted by molar-refractivity contribution is 0.224. The minimum absolute atomic E-state index is 0.0847. The van der Waals surface area contributed by atoms with E-state index in [4.69, 9.17) is 44.8 Å². The predicted molar refractivity (Wildman–Crippen MR) is 156 cm³/mol. The molecule has 2 aromatic rings. The van der Waals surface area contributed by atoms with Gasteiger partial charge in [0.2, 0.25) is 11.8 Å². The van der Waals surface area contributed by atoms with E-state index in [9.17, 15) is 9.13 Å². The fraction of sp³-hybridized carbons (Fsp3) is 0.409. The molecule has 2 aromatic carbocycles. The lowest BCUT2D eigenvalue weighted by atomic mass is 10.1. The molecule has 0 amide bonds. The summed E-state index contributed by atoms with van der Waals surface area (Å²) in [6, 6.07) is 14.1. The molecule has 40 heavy (non-hydrogen) atoms. The van der Waals surface area contributed by atoms with Crippen molar-refractivity contribution in [2.75, 3.05) is 54.6 Å². The van der Waals surface area contributed by atoms with Crippen LogP contribution < -0.4 is 9.36 Å². The zero-order valence-corrected chi connectivity index (χ0v) is 26.2. The highest BCUT2D eigenvalue weighted by molar-refractivity contribution is 8.02. The Hall–Kier alpha value is -2.40. The molecule has 2 rings (SSSR count). The normalized spacial score (nSPS) is 12.3. The summed E-state index contributed by atoms with van der Waals surface area (Å²) in [6.07, 6.45) is 1.99. The zero-order valence-electron chi connectivity index (χ0n) is 22.7. The highest BCUT2D eigenvalue weighted by Gasteiger charge is 2.31. The van der Waals surface area contributed by atoms with Crippen molar-refractivity contribution in [3.8, 4) is 11.5 Å². The molecule has 0 heterocycles. The molecule has 0 N–H and O–H groups in total. The molecule has 0 saturated heterocycles. The fourth-order valence-electron chi connectivity index (χ4n) is 3.08. The molecule has 0 fully saturated rings. The lowest BCUT2D eigenvalue weighted by Crippen LogP contribution is -2.29. The summed E-state index contributed by atoms with van der Waals surface area (Å²) < 4.78 is 53.0. The fourth-order valence-corrected chi connectivity index (χ4v) is 6.40. The van der Waals surface area contributed by atoms with Gasteiger partial charge in [-0.1, -0.05) is 16.9 Å². The van der Waals surface area contributed by atoms with E-state index in [1.807, 2.05) is 12.1 Å². The Labute approximate surface area is 239 Å². The Morgan fingerprint density at radius 3 is 1.95 bits per heavy atom. The molecular formula is C22H32N6O8P3S+. The van der Waals surface area contributed by atoms with Gasteiger partial charge in [0.15, 0.2) is 5.75 Å². The Bertz CT molecular complexity index is 1230.